The van der Waals surface area contributed by atoms with Crippen LogP contribution >= 0.6 is 11.8 Å². The summed E-state index contributed by atoms with van der Waals surface area (Å²) in [4.78, 5) is 31.7. The van der Waals surface area contributed by atoms with E-state index in [-0.39, 0.29) is 11.9 Å². The molecule has 0 N–H and O–H groups in total. The lowest BCUT2D eigenvalue weighted by Crippen LogP contribution is -2.28. The number of thioether (sulfide) groups is 1. The molecule has 0 bridgehead atoms. The van der Waals surface area contributed by atoms with Crippen molar-refractivity contribution in [2.75, 3.05) is 19.7 Å². The SMILES string of the molecule is CCN=C1S/C(=C/c2cc(C)n(-c3cccc(C(=O)OCC)c3)c2C)C(=O)N1CC. The first kappa shape index (κ1) is 21.9. The number of amidine groups is 1. The molecule has 0 unspecified atom stereocenters. The van der Waals surface area contributed by atoms with Crippen LogP contribution in [0.1, 0.15) is 48.1 Å². The fraction of sp³-hybridized carbons (Fsp3) is 0.348. The summed E-state index contributed by atoms with van der Waals surface area (Å²) in [5, 5.41) is 0.757. The molecule has 0 aliphatic carbocycles. The number of aryl methyl sites for hydroxylation is 1. The number of benzene rings is 1. The highest BCUT2D eigenvalue weighted by Crippen LogP contribution is 2.34. The summed E-state index contributed by atoms with van der Waals surface area (Å²) < 4.78 is 7.20. The van der Waals surface area contributed by atoms with Crippen LogP contribution in [0.3, 0.4) is 0 Å². The van der Waals surface area contributed by atoms with Gasteiger partial charge in [-0.15, -0.1) is 0 Å². The lowest BCUT2D eigenvalue weighted by molar-refractivity contribution is -0.122. The molecule has 0 radical (unpaired) electrons. The van der Waals surface area contributed by atoms with Crippen LogP contribution in [0, 0.1) is 13.8 Å². The highest BCUT2D eigenvalue weighted by atomic mass is 32.2. The van der Waals surface area contributed by atoms with Gasteiger partial charge in [-0.2, -0.15) is 0 Å². The average Bonchev–Trinajstić information content (AvgIpc) is 3.17. The van der Waals surface area contributed by atoms with Gasteiger partial charge in [0.2, 0.25) is 0 Å². The number of amides is 1. The summed E-state index contributed by atoms with van der Waals surface area (Å²) in [6.07, 6.45) is 1.93. The average molecular weight is 426 g/mol. The highest BCUT2D eigenvalue weighted by molar-refractivity contribution is 8.18. The smallest absolute Gasteiger partial charge is 0.338 e. The first-order valence-corrected chi connectivity index (χ1v) is 10.9. The number of hydrogen-bond donors (Lipinski definition) is 0. The van der Waals surface area contributed by atoms with Crippen molar-refractivity contribution in [1.29, 1.82) is 0 Å². The van der Waals surface area contributed by atoms with Crippen LogP contribution in [0.25, 0.3) is 11.8 Å². The van der Waals surface area contributed by atoms with Gasteiger partial charge < -0.3 is 9.30 Å². The van der Waals surface area contributed by atoms with E-state index in [1.165, 1.54) is 11.8 Å². The second kappa shape index (κ2) is 9.34. The molecular formula is C23H27N3O3S. The first-order valence-electron chi connectivity index (χ1n) is 10.1. The predicted octanol–water partition coefficient (Wildman–Crippen LogP) is 4.58. The van der Waals surface area contributed by atoms with Gasteiger partial charge in [0.1, 0.15) is 0 Å². The molecule has 0 spiro atoms. The summed E-state index contributed by atoms with van der Waals surface area (Å²) in [7, 11) is 0. The number of carbonyl (C=O) groups excluding carboxylic acids is 2. The van der Waals surface area contributed by atoms with Gasteiger partial charge in [-0.25, -0.2) is 4.79 Å². The summed E-state index contributed by atoms with van der Waals surface area (Å²) in [5.74, 6) is -0.344. The third kappa shape index (κ3) is 4.21. The van der Waals surface area contributed by atoms with E-state index in [1.807, 2.05) is 52.0 Å². The van der Waals surface area contributed by atoms with Crippen molar-refractivity contribution < 1.29 is 14.3 Å². The maximum absolute atomic E-state index is 12.8. The Morgan fingerprint density at radius 1 is 1.20 bits per heavy atom. The second-order valence-corrected chi connectivity index (χ2v) is 7.86. The molecule has 1 aliphatic rings. The quantitative estimate of drug-likeness (QED) is 0.502. The van der Waals surface area contributed by atoms with Crippen molar-refractivity contribution >= 4 is 34.9 Å². The largest absolute Gasteiger partial charge is 0.462 e. The number of likely N-dealkylation sites (N-methyl/N-ethyl adjacent to an activating group) is 1. The number of ether oxygens (including phenoxy) is 1. The molecule has 30 heavy (non-hydrogen) atoms. The van der Waals surface area contributed by atoms with Crippen molar-refractivity contribution in [1.82, 2.24) is 9.47 Å². The number of nitrogens with zero attached hydrogens (tertiary/aromatic N) is 3. The van der Waals surface area contributed by atoms with Gasteiger partial charge in [0.25, 0.3) is 5.91 Å². The first-order chi connectivity index (χ1) is 14.4. The zero-order valence-electron chi connectivity index (χ0n) is 18.1. The molecule has 1 fully saturated rings. The zero-order valence-corrected chi connectivity index (χ0v) is 18.9. The van der Waals surface area contributed by atoms with E-state index in [9.17, 15) is 9.59 Å². The highest BCUT2D eigenvalue weighted by Gasteiger charge is 2.32. The Labute approximate surface area is 181 Å². The fourth-order valence-corrected chi connectivity index (χ4v) is 4.59. The Balaban J connectivity index is 1.99. The minimum absolute atomic E-state index is 0.0104. The Kier molecular flexibility index (Phi) is 6.82. The van der Waals surface area contributed by atoms with Crippen LogP contribution in [-0.4, -0.2) is 46.2 Å². The maximum Gasteiger partial charge on any atom is 0.338 e. The van der Waals surface area contributed by atoms with Crippen LogP contribution in [0.5, 0.6) is 0 Å². The molecule has 7 heteroatoms. The number of aliphatic imine (C=N–C) groups is 1. The number of rotatable bonds is 6. The Morgan fingerprint density at radius 2 is 1.97 bits per heavy atom. The lowest BCUT2D eigenvalue weighted by atomic mass is 10.2. The van der Waals surface area contributed by atoms with Gasteiger partial charge in [0.05, 0.1) is 17.1 Å². The van der Waals surface area contributed by atoms with Gasteiger partial charge in [-0.05, 0) is 82.3 Å². The number of hydrogen-bond acceptors (Lipinski definition) is 5. The monoisotopic (exact) mass is 425 g/mol. The molecule has 0 atom stereocenters. The normalized spacial score (nSPS) is 16.7. The van der Waals surface area contributed by atoms with Crippen molar-refractivity contribution in [2.24, 2.45) is 4.99 Å². The molecule has 1 aromatic carbocycles. The van der Waals surface area contributed by atoms with E-state index in [0.717, 1.165) is 27.8 Å². The van der Waals surface area contributed by atoms with E-state index in [0.29, 0.717) is 30.2 Å². The molecule has 2 aromatic rings. The molecule has 6 nitrogen and oxygen atoms in total. The molecule has 1 aromatic heterocycles. The molecule has 1 aliphatic heterocycles. The summed E-state index contributed by atoms with van der Waals surface area (Å²) in [6, 6.07) is 9.44. The van der Waals surface area contributed by atoms with Gasteiger partial charge in [-0.3, -0.25) is 14.7 Å². The van der Waals surface area contributed by atoms with Crippen LogP contribution in [0.4, 0.5) is 0 Å². The van der Waals surface area contributed by atoms with Crippen LogP contribution in [0.2, 0.25) is 0 Å². The third-order valence-electron chi connectivity index (χ3n) is 4.87. The Bertz CT molecular complexity index is 1040. The predicted molar refractivity (Wildman–Crippen MR) is 122 cm³/mol. The molecule has 3 rings (SSSR count). The van der Waals surface area contributed by atoms with E-state index in [4.69, 9.17) is 4.74 Å². The molecular weight excluding hydrogens is 398 g/mol. The minimum atomic E-state index is -0.334. The van der Waals surface area contributed by atoms with E-state index >= 15 is 0 Å². The van der Waals surface area contributed by atoms with Crippen molar-refractivity contribution in [3.8, 4) is 5.69 Å². The Hall–Kier alpha value is -2.80. The van der Waals surface area contributed by atoms with Crippen molar-refractivity contribution in [2.45, 2.75) is 34.6 Å². The molecule has 1 saturated heterocycles. The summed E-state index contributed by atoms with van der Waals surface area (Å²) >= 11 is 1.42. The second-order valence-electron chi connectivity index (χ2n) is 6.85. The lowest BCUT2D eigenvalue weighted by Gasteiger charge is -2.11. The third-order valence-corrected chi connectivity index (χ3v) is 5.91. The van der Waals surface area contributed by atoms with Gasteiger partial charge in [-0.1, -0.05) is 6.07 Å². The maximum atomic E-state index is 12.8. The molecule has 2 heterocycles. The molecule has 0 saturated carbocycles. The minimum Gasteiger partial charge on any atom is -0.462 e. The van der Waals surface area contributed by atoms with Gasteiger partial charge in [0, 0.05) is 30.2 Å². The van der Waals surface area contributed by atoms with Gasteiger partial charge in [0.15, 0.2) is 5.17 Å². The number of carbonyl (C=O) groups is 2. The number of esters is 1. The number of aromatic nitrogens is 1. The van der Waals surface area contributed by atoms with Crippen molar-refractivity contribution in [3.63, 3.8) is 0 Å². The fourth-order valence-electron chi connectivity index (χ4n) is 3.50. The van der Waals surface area contributed by atoms with Crippen LogP contribution < -0.4 is 0 Å². The standard InChI is InChI=1S/C23H27N3O3S/c1-6-24-23-25(7-2)21(27)20(30-23)14-18-12-15(4)26(16(18)5)19-11-9-10-17(13-19)22(28)29-8-3/h9-14H,6-8H2,1-5H3/b20-14+,24-23?. The summed E-state index contributed by atoms with van der Waals surface area (Å²) in [6.45, 7) is 11.3. The van der Waals surface area contributed by atoms with Crippen molar-refractivity contribution in [3.05, 3.63) is 57.8 Å². The van der Waals surface area contributed by atoms with E-state index < -0.39 is 0 Å². The summed E-state index contributed by atoms with van der Waals surface area (Å²) in [5.41, 5.74) is 4.39. The topological polar surface area (TPSA) is 63.9 Å². The molecule has 158 valence electrons. The van der Waals surface area contributed by atoms with Crippen LogP contribution in [0.15, 0.2) is 40.2 Å². The van der Waals surface area contributed by atoms with E-state index in [1.54, 1.807) is 17.9 Å². The van der Waals surface area contributed by atoms with Gasteiger partial charge >= 0.3 is 5.97 Å². The Morgan fingerprint density at radius 3 is 2.63 bits per heavy atom. The zero-order chi connectivity index (χ0) is 21.8. The van der Waals surface area contributed by atoms with E-state index in [2.05, 4.69) is 15.6 Å². The van der Waals surface area contributed by atoms with Crippen LogP contribution in [-0.2, 0) is 9.53 Å². The molecule has 1 amide bonds.